The monoisotopic (exact) mass is 864 g/mol. The molecular weight excluding hydrogens is 821 g/mol. The Morgan fingerprint density at radius 3 is 1.54 bits per heavy atom. The second-order valence-corrected chi connectivity index (χ2v) is 17.6. The quantitative estimate of drug-likeness (QED) is 0.138. The van der Waals surface area contributed by atoms with Gasteiger partial charge in [-0.1, -0.05) is 212 Å². The van der Waals surface area contributed by atoms with Crippen LogP contribution in [0.3, 0.4) is 0 Å². The molecule has 0 saturated heterocycles. The standard InChI is InChI=1S/C66H44N2/c1-4-19-46(20-5-1)53-28-14-16-32-61(53)67(52-40-42-64-59(44-52)57-30-15-17-33-63(57)68(64)62-34-18-26-47-21-10-11-27-54(47)62)51-38-35-45(36-39-51)50-37-41-56-55-29-12-13-31-58(55)65(48-22-6-2-7-23-48)66(60(56)43-50)49-24-8-3-9-25-49/h1-44H. The summed E-state index contributed by atoms with van der Waals surface area (Å²) in [6.07, 6.45) is 0. The maximum absolute atomic E-state index is 2.44. The molecule has 0 saturated carbocycles. The molecule has 0 aliphatic rings. The second kappa shape index (κ2) is 16.5. The zero-order valence-corrected chi connectivity index (χ0v) is 37.3. The summed E-state index contributed by atoms with van der Waals surface area (Å²) < 4.78 is 2.44. The number of benzene rings is 12. The summed E-state index contributed by atoms with van der Waals surface area (Å²) in [5.41, 5.74) is 16.4. The molecule has 0 fully saturated rings. The maximum Gasteiger partial charge on any atom is 0.0542 e. The third-order valence-corrected chi connectivity index (χ3v) is 13.8. The molecule has 68 heavy (non-hydrogen) atoms. The third-order valence-electron chi connectivity index (χ3n) is 13.8. The summed E-state index contributed by atoms with van der Waals surface area (Å²) in [6, 6.07) is 97.5. The summed E-state index contributed by atoms with van der Waals surface area (Å²) in [4.78, 5) is 2.43. The highest BCUT2D eigenvalue weighted by atomic mass is 15.1. The van der Waals surface area contributed by atoms with Crippen LogP contribution < -0.4 is 4.90 Å². The first-order chi connectivity index (χ1) is 33.8. The van der Waals surface area contributed by atoms with Gasteiger partial charge in [-0.3, -0.25) is 0 Å². The van der Waals surface area contributed by atoms with E-state index in [9.17, 15) is 0 Å². The van der Waals surface area contributed by atoms with E-state index in [1.54, 1.807) is 0 Å². The van der Waals surface area contributed by atoms with Crippen molar-refractivity contribution in [3.63, 3.8) is 0 Å². The van der Waals surface area contributed by atoms with Crippen LogP contribution in [0.25, 0.3) is 104 Å². The molecule has 2 nitrogen and oxygen atoms in total. The number of hydrogen-bond acceptors (Lipinski definition) is 1. The number of fused-ring (bicyclic) bond motifs is 7. The molecule has 0 atom stereocenters. The minimum Gasteiger partial charge on any atom is -0.310 e. The van der Waals surface area contributed by atoms with Gasteiger partial charge in [0.2, 0.25) is 0 Å². The Kier molecular flexibility index (Phi) is 9.54. The number of nitrogens with zero attached hydrogens (tertiary/aromatic N) is 2. The van der Waals surface area contributed by atoms with Gasteiger partial charge in [-0.05, 0) is 120 Å². The summed E-state index contributed by atoms with van der Waals surface area (Å²) in [5, 5.41) is 9.89. The average Bonchev–Trinajstić information content (AvgIpc) is 3.75. The maximum atomic E-state index is 2.44. The molecule has 12 aromatic carbocycles. The highest BCUT2D eigenvalue weighted by Crippen LogP contribution is 2.47. The third kappa shape index (κ3) is 6.57. The molecule has 0 bridgehead atoms. The van der Waals surface area contributed by atoms with E-state index in [0.717, 1.165) is 22.6 Å². The van der Waals surface area contributed by atoms with Crippen LogP contribution in [-0.2, 0) is 0 Å². The first-order valence-corrected chi connectivity index (χ1v) is 23.4. The Bertz CT molecular complexity index is 4000. The van der Waals surface area contributed by atoms with Gasteiger partial charge >= 0.3 is 0 Å². The van der Waals surface area contributed by atoms with Crippen LogP contribution in [-0.4, -0.2) is 4.57 Å². The fraction of sp³-hybridized carbons (Fsp3) is 0. The van der Waals surface area contributed by atoms with Crippen molar-refractivity contribution in [3.8, 4) is 50.2 Å². The van der Waals surface area contributed by atoms with Crippen molar-refractivity contribution < 1.29 is 0 Å². The molecule has 0 N–H and O–H groups in total. The Hall–Kier alpha value is -8.98. The predicted molar refractivity (Wildman–Crippen MR) is 290 cm³/mol. The first kappa shape index (κ1) is 39.4. The van der Waals surface area contributed by atoms with Gasteiger partial charge < -0.3 is 9.47 Å². The number of para-hydroxylation sites is 2. The minimum atomic E-state index is 1.08. The Labute approximate surface area is 395 Å². The lowest BCUT2D eigenvalue weighted by atomic mass is 9.84. The van der Waals surface area contributed by atoms with E-state index in [-0.39, 0.29) is 0 Å². The minimum absolute atomic E-state index is 1.08. The van der Waals surface area contributed by atoms with Crippen molar-refractivity contribution >= 4 is 71.2 Å². The van der Waals surface area contributed by atoms with Crippen molar-refractivity contribution in [2.45, 2.75) is 0 Å². The fourth-order valence-corrected chi connectivity index (χ4v) is 10.7. The molecule has 318 valence electrons. The summed E-state index contributed by atoms with van der Waals surface area (Å²) in [7, 11) is 0. The van der Waals surface area contributed by atoms with Crippen LogP contribution >= 0.6 is 0 Å². The molecule has 13 aromatic rings. The smallest absolute Gasteiger partial charge is 0.0542 e. The van der Waals surface area contributed by atoms with Crippen molar-refractivity contribution in [2.24, 2.45) is 0 Å². The largest absolute Gasteiger partial charge is 0.310 e. The molecule has 0 spiro atoms. The molecule has 0 unspecified atom stereocenters. The van der Waals surface area contributed by atoms with Crippen LogP contribution in [0.4, 0.5) is 17.1 Å². The predicted octanol–water partition coefficient (Wildman–Crippen LogP) is 18.4. The van der Waals surface area contributed by atoms with E-state index < -0.39 is 0 Å². The van der Waals surface area contributed by atoms with E-state index >= 15 is 0 Å². The van der Waals surface area contributed by atoms with Gasteiger partial charge in [0.15, 0.2) is 0 Å². The number of rotatable bonds is 8. The van der Waals surface area contributed by atoms with E-state index in [1.165, 1.54) is 98.8 Å². The lowest BCUT2D eigenvalue weighted by Gasteiger charge is -2.28. The van der Waals surface area contributed by atoms with Crippen LogP contribution in [0, 0.1) is 0 Å². The first-order valence-electron chi connectivity index (χ1n) is 23.4. The molecule has 1 aromatic heterocycles. The van der Waals surface area contributed by atoms with Gasteiger partial charge in [0.1, 0.15) is 0 Å². The number of anilines is 3. The van der Waals surface area contributed by atoms with Crippen molar-refractivity contribution in [1.82, 2.24) is 4.57 Å². The highest BCUT2D eigenvalue weighted by molar-refractivity contribution is 6.22. The van der Waals surface area contributed by atoms with Crippen LogP contribution in [0.1, 0.15) is 0 Å². The van der Waals surface area contributed by atoms with E-state index in [1.807, 2.05) is 0 Å². The zero-order chi connectivity index (χ0) is 45.0. The molecule has 13 rings (SSSR count). The number of aromatic nitrogens is 1. The normalized spacial score (nSPS) is 11.5. The Morgan fingerprint density at radius 2 is 0.794 bits per heavy atom. The average molecular weight is 865 g/mol. The van der Waals surface area contributed by atoms with Crippen LogP contribution in [0.15, 0.2) is 267 Å². The summed E-state index contributed by atoms with van der Waals surface area (Å²) >= 11 is 0. The van der Waals surface area contributed by atoms with E-state index in [4.69, 9.17) is 0 Å². The van der Waals surface area contributed by atoms with Crippen molar-refractivity contribution in [1.29, 1.82) is 0 Å². The van der Waals surface area contributed by atoms with Crippen molar-refractivity contribution in [3.05, 3.63) is 267 Å². The second-order valence-electron chi connectivity index (χ2n) is 17.6. The summed E-state index contributed by atoms with van der Waals surface area (Å²) in [6.45, 7) is 0. The lowest BCUT2D eigenvalue weighted by molar-refractivity contribution is 1.20. The molecule has 0 aliphatic carbocycles. The van der Waals surface area contributed by atoms with Crippen molar-refractivity contribution in [2.75, 3.05) is 4.90 Å². The Balaban J connectivity index is 0.994. The topological polar surface area (TPSA) is 8.17 Å². The van der Waals surface area contributed by atoms with E-state index in [2.05, 4.69) is 276 Å². The van der Waals surface area contributed by atoms with Gasteiger partial charge in [-0.2, -0.15) is 0 Å². The number of hydrogen-bond donors (Lipinski definition) is 0. The van der Waals surface area contributed by atoms with Crippen LogP contribution in [0.2, 0.25) is 0 Å². The molecular formula is C66H44N2. The van der Waals surface area contributed by atoms with Gasteiger partial charge in [0.05, 0.1) is 22.4 Å². The highest BCUT2D eigenvalue weighted by Gasteiger charge is 2.22. The van der Waals surface area contributed by atoms with E-state index in [0.29, 0.717) is 0 Å². The molecule has 0 aliphatic heterocycles. The molecule has 0 amide bonds. The fourth-order valence-electron chi connectivity index (χ4n) is 10.7. The molecule has 2 heteroatoms. The van der Waals surface area contributed by atoms with Gasteiger partial charge in [-0.25, -0.2) is 0 Å². The SMILES string of the molecule is c1ccc(-c2ccccc2N(c2ccc(-c3ccc4c(c3)c(-c3ccccc3)c(-c3ccccc3)c3ccccc34)cc2)c2ccc3c(c2)c2ccccc2n3-c2cccc3ccccc23)cc1. The zero-order valence-electron chi connectivity index (χ0n) is 37.3. The van der Waals surface area contributed by atoms with Gasteiger partial charge in [-0.15, -0.1) is 0 Å². The van der Waals surface area contributed by atoms with Gasteiger partial charge in [0.25, 0.3) is 0 Å². The summed E-state index contributed by atoms with van der Waals surface area (Å²) in [5.74, 6) is 0. The Morgan fingerprint density at radius 1 is 0.265 bits per heavy atom. The molecule has 0 radical (unpaired) electrons. The lowest BCUT2D eigenvalue weighted by Crippen LogP contribution is -2.11. The van der Waals surface area contributed by atoms with Crippen LogP contribution in [0.5, 0.6) is 0 Å². The molecule has 1 heterocycles. The van der Waals surface area contributed by atoms with Gasteiger partial charge in [0, 0.05) is 33.1 Å².